The largest absolute Gasteiger partial charge is 0.497 e. The molecule has 106 valence electrons. The van der Waals surface area contributed by atoms with Crippen molar-refractivity contribution in [3.63, 3.8) is 0 Å². The van der Waals surface area contributed by atoms with Crippen LogP contribution in [0.2, 0.25) is 5.02 Å². The van der Waals surface area contributed by atoms with Crippen molar-refractivity contribution in [1.29, 1.82) is 0 Å². The van der Waals surface area contributed by atoms with Crippen molar-refractivity contribution in [3.8, 4) is 5.75 Å². The van der Waals surface area contributed by atoms with Crippen molar-refractivity contribution in [1.82, 2.24) is 0 Å². The SMILES string of the molecule is COc1cc(F)c(C(Cl)c2cccc(Br)c2Cl)c(F)c1. The molecule has 0 aromatic heterocycles. The Morgan fingerprint density at radius 2 is 1.80 bits per heavy atom. The van der Waals surface area contributed by atoms with Gasteiger partial charge in [0.1, 0.15) is 17.4 Å². The number of rotatable bonds is 3. The fourth-order valence-corrected chi connectivity index (χ4v) is 2.86. The highest BCUT2D eigenvalue weighted by Gasteiger charge is 2.23. The van der Waals surface area contributed by atoms with E-state index < -0.39 is 17.0 Å². The van der Waals surface area contributed by atoms with Crippen LogP contribution in [0.1, 0.15) is 16.5 Å². The normalized spacial score (nSPS) is 12.3. The fourth-order valence-electron chi connectivity index (χ4n) is 1.79. The van der Waals surface area contributed by atoms with Gasteiger partial charge in [0.25, 0.3) is 0 Å². The molecule has 0 saturated heterocycles. The van der Waals surface area contributed by atoms with Crippen LogP contribution in [0.15, 0.2) is 34.8 Å². The van der Waals surface area contributed by atoms with Crippen molar-refractivity contribution in [2.45, 2.75) is 5.38 Å². The molecule has 1 unspecified atom stereocenters. The van der Waals surface area contributed by atoms with E-state index in [1.807, 2.05) is 0 Å². The Labute approximate surface area is 133 Å². The lowest BCUT2D eigenvalue weighted by Gasteiger charge is -2.15. The van der Waals surface area contributed by atoms with Gasteiger partial charge in [-0.05, 0) is 27.6 Å². The van der Waals surface area contributed by atoms with Crippen molar-refractivity contribution in [3.05, 3.63) is 62.6 Å². The molecule has 0 fully saturated rings. The first kappa shape index (κ1) is 15.5. The Balaban J connectivity index is 2.54. The fraction of sp³-hybridized carbons (Fsp3) is 0.143. The zero-order valence-corrected chi connectivity index (χ0v) is 13.4. The second kappa shape index (κ2) is 6.29. The third-order valence-electron chi connectivity index (χ3n) is 2.80. The second-order valence-electron chi connectivity index (χ2n) is 4.01. The van der Waals surface area contributed by atoms with Gasteiger partial charge >= 0.3 is 0 Å². The maximum absolute atomic E-state index is 14.0. The smallest absolute Gasteiger partial charge is 0.134 e. The summed E-state index contributed by atoms with van der Waals surface area (Å²) >= 11 is 15.5. The van der Waals surface area contributed by atoms with Crippen LogP contribution < -0.4 is 4.74 Å². The molecule has 0 bridgehead atoms. The lowest BCUT2D eigenvalue weighted by molar-refractivity contribution is 0.405. The van der Waals surface area contributed by atoms with Gasteiger partial charge in [0.15, 0.2) is 0 Å². The molecule has 0 aliphatic heterocycles. The predicted molar refractivity (Wildman–Crippen MR) is 79.8 cm³/mol. The molecule has 0 aliphatic carbocycles. The third-order valence-corrected chi connectivity index (χ3v) is 4.56. The first-order chi connectivity index (χ1) is 9.45. The summed E-state index contributed by atoms with van der Waals surface area (Å²) in [5, 5.41) is -0.715. The van der Waals surface area contributed by atoms with Crippen LogP contribution in [0.5, 0.6) is 5.75 Å². The zero-order valence-electron chi connectivity index (χ0n) is 10.3. The molecule has 2 aromatic carbocycles. The Morgan fingerprint density at radius 3 is 2.35 bits per heavy atom. The summed E-state index contributed by atoms with van der Waals surface area (Å²) in [5.74, 6) is -1.47. The van der Waals surface area contributed by atoms with E-state index in [0.717, 1.165) is 12.1 Å². The Hall–Kier alpha value is -0.840. The zero-order chi connectivity index (χ0) is 14.9. The minimum absolute atomic E-state index is 0.0907. The molecule has 1 atom stereocenters. The van der Waals surface area contributed by atoms with Crippen molar-refractivity contribution in [2.24, 2.45) is 0 Å². The minimum atomic E-state index is -1.04. The van der Waals surface area contributed by atoms with E-state index >= 15 is 0 Å². The second-order valence-corrected chi connectivity index (χ2v) is 5.68. The van der Waals surface area contributed by atoms with Gasteiger partial charge in [-0.3, -0.25) is 0 Å². The predicted octanol–water partition coefficient (Wildman–Crippen LogP) is 5.72. The van der Waals surface area contributed by atoms with Crippen LogP contribution in [0.3, 0.4) is 0 Å². The van der Waals surface area contributed by atoms with Gasteiger partial charge in [-0.2, -0.15) is 0 Å². The number of alkyl halides is 1. The molecule has 0 amide bonds. The van der Waals surface area contributed by atoms with Crippen molar-refractivity contribution in [2.75, 3.05) is 7.11 Å². The molecule has 0 heterocycles. The quantitative estimate of drug-likeness (QED) is 0.618. The van der Waals surface area contributed by atoms with E-state index in [9.17, 15) is 8.78 Å². The van der Waals surface area contributed by atoms with Gasteiger partial charge in [0.05, 0.1) is 17.5 Å². The third kappa shape index (κ3) is 2.92. The molecule has 2 aromatic rings. The van der Waals surface area contributed by atoms with Gasteiger partial charge in [0, 0.05) is 22.2 Å². The standard InChI is InChI=1S/C14H9BrCl2F2O/c1-20-7-5-10(18)12(11(19)6-7)14(17)8-3-2-4-9(15)13(8)16/h2-6,14H,1H3. The van der Waals surface area contributed by atoms with Gasteiger partial charge in [-0.25, -0.2) is 8.78 Å². The van der Waals surface area contributed by atoms with Gasteiger partial charge in [-0.15, -0.1) is 11.6 Å². The number of ether oxygens (including phenoxy) is 1. The van der Waals surface area contributed by atoms with Crippen LogP contribution >= 0.6 is 39.1 Å². The van der Waals surface area contributed by atoms with Crippen LogP contribution in [0, 0.1) is 11.6 Å². The van der Waals surface area contributed by atoms with E-state index in [1.165, 1.54) is 7.11 Å². The van der Waals surface area contributed by atoms with Gasteiger partial charge < -0.3 is 4.74 Å². The summed E-state index contributed by atoms with van der Waals surface area (Å²) in [7, 11) is 1.33. The maximum atomic E-state index is 14.0. The molecule has 0 radical (unpaired) electrons. The molecule has 6 heteroatoms. The molecule has 0 saturated carbocycles. The van der Waals surface area contributed by atoms with E-state index in [0.29, 0.717) is 15.1 Å². The highest BCUT2D eigenvalue weighted by atomic mass is 79.9. The highest BCUT2D eigenvalue weighted by Crippen LogP contribution is 2.39. The molecule has 2 rings (SSSR count). The maximum Gasteiger partial charge on any atom is 0.134 e. The number of halogens is 5. The Kier molecular flexibility index (Phi) is 4.89. The van der Waals surface area contributed by atoms with E-state index in [1.54, 1.807) is 18.2 Å². The summed E-state index contributed by atoms with van der Waals surface area (Å²) in [5.41, 5.74) is 0.165. The summed E-state index contributed by atoms with van der Waals surface area (Å²) in [4.78, 5) is 0. The van der Waals surface area contributed by atoms with Gasteiger partial charge in [0.2, 0.25) is 0 Å². The summed E-state index contributed by atoms with van der Waals surface area (Å²) in [6.45, 7) is 0. The topological polar surface area (TPSA) is 9.23 Å². The summed E-state index contributed by atoms with van der Waals surface area (Å²) in [6.07, 6.45) is 0. The van der Waals surface area contributed by atoms with Gasteiger partial charge in [-0.1, -0.05) is 23.7 Å². The van der Waals surface area contributed by atoms with E-state index in [-0.39, 0.29) is 11.3 Å². The molecule has 0 N–H and O–H groups in total. The summed E-state index contributed by atoms with van der Waals surface area (Å²) < 4.78 is 33.4. The first-order valence-corrected chi connectivity index (χ1v) is 7.17. The van der Waals surface area contributed by atoms with Crippen LogP contribution in [0.25, 0.3) is 0 Å². The average Bonchev–Trinajstić information content (AvgIpc) is 2.40. The lowest BCUT2D eigenvalue weighted by atomic mass is 10.0. The number of hydrogen-bond donors (Lipinski definition) is 0. The van der Waals surface area contributed by atoms with E-state index in [4.69, 9.17) is 27.9 Å². The molecule has 0 spiro atoms. The number of benzene rings is 2. The van der Waals surface area contributed by atoms with Crippen LogP contribution in [0.4, 0.5) is 8.78 Å². The molecular weight excluding hydrogens is 373 g/mol. The minimum Gasteiger partial charge on any atom is -0.497 e. The first-order valence-electron chi connectivity index (χ1n) is 5.56. The monoisotopic (exact) mass is 380 g/mol. The van der Waals surface area contributed by atoms with Crippen LogP contribution in [-0.2, 0) is 0 Å². The van der Waals surface area contributed by atoms with E-state index in [2.05, 4.69) is 15.9 Å². The van der Waals surface area contributed by atoms with Crippen molar-refractivity contribution >= 4 is 39.1 Å². The molecule has 20 heavy (non-hydrogen) atoms. The average molecular weight is 382 g/mol. The summed E-state index contributed by atoms with van der Waals surface area (Å²) in [6, 6.07) is 7.20. The highest BCUT2D eigenvalue weighted by molar-refractivity contribution is 9.10. The molecule has 0 aliphatic rings. The van der Waals surface area contributed by atoms with Crippen molar-refractivity contribution < 1.29 is 13.5 Å². The van der Waals surface area contributed by atoms with Crippen LogP contribution in [-0.4, -0.2) is 7.11 Å². The Bertz CT molecular complexity index is 626. The molecule has 1 nitrogen and oxygen atoms in total. The molecular formula is C14H9BrCl2F2O. The number of methoxy groups -OCH3 is 1. The lowest BCUT2D eigenvalue weighted by Crippen LogP contribution is -2.03. The Morgan fingerprint density at radius 1 is 1.20 bits per heavy atom. The number of hydrogen-bond acceptors (Lipinski definition) is 1.